The van der Waals surface area contributed by atoms with E-state index in [0.717, 1.165) is 22.4 Å². The van der Waals surface area contributed by atoms with Gasteiger partial charge >= 0.3 is 0 Å². The van der Waals surface area contributed by atoms with Gasteiger partial charge in [0.1, 0.15) is 19.0 Å². The van der Waals surface area contributed by atoms with E-state index in [2.05, 4.69) is 52.3 Å². The number of thioether (sulfide) groups is 1. The summed E-state index contributed by atoms with van der Waals surface area (Å²) >= 11 is 1.68. The summed E-state index contributed by atoms with van der Waals surface area (Å²) in [4.78, 5) is 36.6. The minimum Gasteiger partial charge on any atom is -0.497 e. The second-order valence-corrected chi connectivity index (χ2v) is 11.9. The molecule has 0 atom stereocenters. The van der Waals surface area contributed by atoms with Gasteiger partial charge in [-0.05, 0) is 28.8 Å². The smallest absolute Gasteiger partial charge is 0.247 e. The Morgan fingerprint density at radius 3 is 1.70 bits per heavy atom. The molecule has 3 aromatic carbocycles. The molecule has 3 rings (SSSR count). The Kier molecular flexibility index (Phi) is 21.1. The van der Waals surface area contributed by atoms with Gasteiger partial charge in [0.2, 0.25) is 17.7 Å². The molecule has 274 valence electrons. The Morgan fingerprint density at radius 1 is 0.640 bits per heavy atom. The number of nitrogens with one attached hydrogen (secondary N) is 3. The van der Waals surface area contributed by atoms with Crippen molar-refractivity contribution in [2.75, 3.05) is 85.5 Å². The molecule has 0 heterocycles. The van der Waals surface area contributed by atoms with Crippen LogP contribution in [0.2, 0.25) is 0 Å². The normalized spacial score (nSPS) is 10.9. The van der Waals surface area contributed by atoms with Gasteiger partial charge in [0.05, 0.1) is 58.2 Å². The predicted molar refractivity (Wildman–Crippen MR) is 196 cm³/mol. The third kappa shape index (κ3) is 14.9. The van der Waals surface area contributed by atoms with E-state index in [1.54, 1.807) is 18.9 Å². The molecule has 0 saturated carbocycles. The quantitative estimate of drug-likeness (QED) is 0.0585. The average molecular weight is 713 g/mol. The third-order valence-electron chi connectivity index (χ3n) is 7.12. The lowest BCUT2D eigenvalue weighted by atomic mass is 9.84. The van der Waals surface area contributed by atoms with Crippen LogP contribution in [0.4, 0.5) is 0 Å². The molecular weight excluding hydrogens is 660 g/mol. The number of hydrogen-bond donors (Lipinski definition) is 4. The summed E-state index contributed by atoms with van der Waals surface area (Å²) in [5.41, 5.74) is 8.59. The Bertz CT molecular complexity index is 1330. The first-order chi connectivity index (χ1) is 24.0. The van der Waals surface area contributed by atoms with Crippen LogP contribution in [0.5, 0.6) is 5.75 Å². The highest BCUT2D eigenvalue weighted by Gasteiger charge is 2.37. The van der Waals surface area contributed by atoms with Gasteiger partial charge in [-0.15, -0.1) is 11.8 Å². The number of amides is 3. The second-order valence-electron chi connectivity index (χ2n) is 10.6. The maximum absolute atomic E-state index is 12.7. The highest BCUT2D eigenvalue weighted by molar-refractivity contribution is 8.00. The van der Waals surface area contributed by atoms with Crippen molar-refractivity contribution in [2.24, 2.45) is 5.73 Å². The van der Waals surface area contributed by atoms with Crippen LogP contribution in [0.15, 0.2) is 84.9 Å². The van der Waals surface area contributed by atoms with E-state index in [0.29, 0.717) is 45.3 Å². The molecule has 0 aliphatic carbocycles. The summed E-state index contributed by atoms with van der Waals surface area (Å²) in [5, 5.41) is 8.07. The topological polar surface area (TPSA) is 159 Å². The molecule has 0 radical (unpaired) electrons. The molecule has 0 spiro atoms. The molecule has 3 amide bonds. The Balaban J connectivity index is 0.00000867. The van der Waals surface area contributed by atoms with Crippen LogP contribution in [-0.4, -0.2) is 103 Å². The number of hydrogen-bond acceptors (Lipinski definition) is 10. The van der Waals surface area contributed by atoms with Gasteiger partial charge in [0, 0.05) is 25.3 Å². The van der Waals surface area contributed by atoms with E-state index in [9.17, 15) is 14.4 Å². The van der Waals surface area contributed by atoms with Gasteiger partial charge in [-0.2, -0.15) is 0 Å². The zero-order chi connectivity index (χ0) is 35.0. The Labute approximate surface area is 300 Å². The van der Waals surface area contributed by atoms with Gasteiger partial charge in [0.15, 0.2) is 0 Å². The number of carbonyl (C=O) groups is 3. The molecule has 0 saturated heterocycles. The number of methoxy groups -OCH3 is 1. The maximum atomic E-state index is 12.7. The molecule has 5 N–H and O–H groups in total. The summed E-state index contributed by atoms with van der Waals surface area (Å²) in [7, 11) is 1.64. The van der Waals surface area contributed by atoms with Crippen molar-refractivity contribution < 1.29 is 38.1 Å². The van der Waals surface area contributed by atoms with Gasteiger partial charge in [-0.1, -0.05) is 80.2 Å². The number of carbonyl (C=O) groups excluding carboxylic acids is 3. The minimum absolute atomic E-state index is 0. The lowest BCUT2D eigenvalue weighted by Gasteiger charge is -2.35. The first-order valence-corrected chi connectivity index (χ1v) is 17.2. The van der Waals surface area contributed by atoms with Gasteiger partial charge in [0.25, 0.3) is 0 Å². The fourth-order valence-electron chi connectivity index (χ4n) is 4.77. The largest absolute Gasteiger partial charge is 0.497 e. The first kappa shape index (κ1) is 42.2. The molecule has 13 heteroatoms. The average Bonchev–Trinajstić information content (AvgIpc) is 3.13. The minimum atomic E-state index is -0.562. The molecule has 0 aliphatic heterocycles. The van der Waals surface area contributed by atoms with E-state index in [1.165, 1.54) is 0 Å². The molecule has 3 aromatic rings. The van der Waals surface area contributed by atoms with Crippen molar-refractivity contribution in [1.82, 2.24) is 16.0 Å². The van der Waals surface area contributed by atoms with Crippen molar-refractivity contribution in [1.29, 1.82) is 0 Å². The van der Waals surface area contributed by atoms with Crippen molar-refractivity contribution in [3.8, 4) is 5.75 Å². The first-order valence-electron chi connectivity index (χ1n) is 16.2. The standard InChI is InChI=1S/C36H48N4O8S.CH4/c1-44-32-14-12-31(13-15-32)36(29-8-4-2-5-9-29,30-10-6-3-7-11-30)49-25-16-33(41)39-28-40-35(43)27-48-24-22-46-20-18-38-34(42)26-47-23-21-45-19-17-37;/h2-15H,16-28,37H2,1H3,(H,38,42)(H,39,41)(H,40,43);1H4. The predicted octanol–water partition coefficient (Wildman–Crippen LogP) is 3.08. The SMILES string of the molecule is C.COc1ccc(C(SCCC(=O)NCNC(=O)COCCOCCNC(=O)COCCOCCN)(c2ccccc2)c2ccccc2)cc1. The van der Waals surface area contributed by atoms with E-state index in [1.807, 2.05) is 48.5 Å². The Hall–Kier alpha value is -3.98. The van der Waals surface area contributed by atoms with Crippen LogP contribution in [0.3, 0.4) is 0 Å². The highest BCUT2D eigenvalue weighted by atomic mass is 32.2. The van der Waals surface area contributed by atoms with E-state index in [4.69, 9.17) is 29.4 Å². The maximum Gasteiger partial charge on any atom is 0.247 e. The monoisotopic (exact) mass is 712 g/mol. The number of rotatable bonds is 25. The van der Waals surface area contributed by atoms with Gasteiger partial charge in [-0.3, -0.25) is 14.4 Å². The molecule has 0 fully saturated rings. The van der Waals surface area contributed by atoms with E-state index >= 15 is 0 Å². The molecule has 0 bridgehead atoms. The lowest BCUT2D eigenvalue weighted by molar-refractivity contribution is -0.128. The zero-order valence-corrected chi connectivity index (χ0v) is 28.8. The van der Waals surface area contributed by atoms with Crippen LogP contribution in [0.1, 0.15) is 30.5 Å². The van der Waals surface area contributed by atoms with Crippen LogP contribution in [-0.2, 0) is 38.1 Å². The van der Waals surface area contributed by atoms with Crippen LogP contribution in [0, 0.1) is 0 Å². The third-order valence-corrected chi connectivity index (χ3v) is 8.67. The van der Waals surface area contributed by atoms with E-state index in [-0.39, 0.29) is 64.7 Å². The molecule has 0 unspecified atom stereocenters. The summed E-state index contributed by atoms with van der Waals surface area (Å²) in [6.45, 7) is 2.45. The van der Waals surface area contributed by atoms with Crippen molar-refractivity contribution in [3.05, 3.63) is 102 Å². The lowest BCUT2D eigenvalue weighted by Crippen LogP contribution is -2.39. The summed E-state index contributed by atoms with van der Waals surface area (Å²) in [6.07, 6.45) is 0.254. The summed E-state index contributed by atoms with van der Waals surface area (Å²) in [6, 6.07) is 28.5. The summed E-state index contributed by atoms with van der Waals surface area (Å²) < 4.78 is 25.9. The van der Waals surface area contributed by atoms with Crippen LogP contribution >= 0.6 is 11.8 Å². The van der Waals surface area contributed by atoms with Crippen LogP contribution in [0.25, 0.3) is 0 Å². The fraction of sp³-hybridized carbons (Fsp3) is 0.432. The number of benzene rings is 3. The van der Waals surface area contributed by atoms with Crippen molar-refractivity contribution in [3.63, 3.8) is 0 Å². The van der Waals surface area contributed by atoms with Crippen molar-refractivity contribution >= 4 is 29.5 Å². The number of nitrogens with two attached hydrogens (primary N) is 1. The Morgan fingerprint density at radius 2 is 1.14 bits per heavy atom. The molecule has 12 nitrogen and oxygen atoms in total. The number of ether oxygens (including phenoxy) is 5. The zero-order valence-electron chi connectivity index (χ0n) is 28.0. The van der Waals surface area contributed by atoms with E-state index < -0.39 is 4.75 Å². The second kappa shape index (κ2) is 25.0. The fourth-order valence-corrected chi connectivity index (χ4v) is 6.27. The molecule has 0 aromatic heterocycles. The summed E-state index contributed by atoms with van der Waals surface area (Å²) in [5.74, 6) is 0.512. The van der Waals surface area contributed by atoms with Gasteiger partial charge in [-0.25, -0.2) is 0 Å². The van der Waals surface area contributed by atoms with Gasteiger partial charge < -0.3 is 45.4 Å². The molecule has 50 heavy (non-hydrogen) atoms. The van der Waals surface area contributed by atoms with Crippen molar-refractivity contribution in [2.45, 2.75) is 18.6 Å². The highest BCUT2D eigenvalue weighted by Crippen LogP contribution is 2.48. The van der Waals surface area contributed by atoms with Crippen LogP contribution < -0.4 is 26.4 Å². The molecule has 0 aliphatic rings. The molecular formula is C37H52N4O8S.